The van der Waals surface area contributed by atoms with E-state index in [-0.39, 0.29) is 23.9 Å². The Balaban J connectivity index is 1.56. The Hall–Kier alpha value is -1.79. The van der Waals surface area contributed by atoms with Crippen LogP contribution in [0.2, 0.25) is 0 Å². The van der Waals surface area contributed by atoms with Gasteiger partial charge in [0.1, 0.15) is 11.9 Å². The highest BCUT2D eigenvalue weighted by Gasteiger charge is 2.34. The SMILES string of the molecule is NC[C@H]1CC[C@@H](C(=O)N2CCN(c3ccccc3O)CC2)O1. The van der Waals surface area contributed by atoms with Gasteiger partial charge in [-0.2, -0.15) is 0 Å². The van der Waals surface area contributed by atoms with Gasteiger partial charge in [-0.15, -0.1) is 0 Å². The normalized spacial score (nSPS) is 25.5. The quantitative estimate of drug-likeness (QED) is 0.852. The van der Waals surface area contributed by atoms with Gasteiger partial charge in [-0.25, -0.2) is 0 Å². The second-order valence-electron chi connectivity index (χ2n) is 5.86. The number of phenolic OH excluding ortho intramolecular Hbond substituents is 1. The maximum Gasteiger partial charge on any atom is 0.251 e. The molecule has 2 fully saturated rings. The molecule has 6 heteroatoms. The second-order valence-corrected chi connectivity index (χ2v) is 5.86. The van der Waals surface area contributed by atoms with Gasteiger partial charge in [-0.3, -0.25) is 4.79 Å². The van der Waals surface area contributed by atoms with Crippen molar-refractivity contribution in [1.82, 2.24) is 4.90 Å². The molecule has 3 rings (SSSR count). The first-order chi connectivity index (χ1) is 10.7. The molecule has 0 spiro atoms. The predicted molar refractivity (Wildman–Crippen MR) is 83.8 cm³/mol. The molecule has 0 bridgehead atoms. The first kappa shape index (κ1) is 15.1. The van der Waals surface area contributed by atoms with Gasteiger partial charge in [0, 0.05) is 32.7 Å². The van der Waals surface area contributed by atoms with Gasteiger partial charge in [0.15, 0.2) is 0 Å². The monoisotopic (exact) mass is 305 g/mol. The first-order valence-corrected chi connectivity index (χ1v) is 7.86. The second kappa shape index (κ2) is 6.54. The molecular formula is C16H23N3O3. The maximum atomic E-state index is 12.5. The minimum Gasteiger partial charge on any atom is -0.506 e. The standard InChI is InChI=1S/C16H23N3O3/c17-11-12-5-6-15(22-12)16(21)19-9-7-18(8-10-19)13-3-1-2-4-14(13)20/h1-4,12,15,20H,5-11,17H2/t12-,15+/m1/s1. The smallest absolute Gasteiger partial charge is 0.251 e. The van der Waals surface area contributed by atoms with Gasteiger partial charge < -0.3 is 25.4 Å². The van der Waals surface area contributed by atoms with Crippen molar-refractivity contribution in [3.8, 4) is 5.75 Å². The highest BCUT2D eigenvalue weighted by Crippen LogP contribution is 2.28. The lowest BCUT2D eigenvalue weighted by Crippen LogP contribution is -2.51. The van der Waals surface area contributed by atoms with Crippen LogP contribution in [-0.2, 0) is 9.53 Å². The number of para-hydroxylation sites is 2. The molecule has 1 amide bonds. The van der Waals surface area contributed by atoms with E-state index in [2.05, 4.69) is 4.90 Å². The van der Waals surface area contributed by atoms with Gasteiger partial charge in [-0.1, -0.05) is 12.1 Å². The molecule has 2 aliphatic heterocycles. The summed E-state index contributed by atoms with van der Waals surface area (Å²) in [6, 6.07) is 7.31. The van der Waals surface area contributed by atoms with Crippen LogP contribution in [-0.4, -0.2) is 60.8 Å². The van der Waals surface area contributed by atoms with Crippen molar-refractivity contribution in [2.45, 2.75) is 25.0 Å². The van der Waals surface area contributed by atoms with Crippen LogP contribution in [0.4, 0.5) is 5.69 Å². The number of rotatable bonds is 3. The van der Waals surface area contributed by atoms with Crippen molar-refractivity contribution < 1.29 is 14.6 Å². The number of carbonyl (C=O) groups excluding carboxylic acids is 1. The van der Waals surface area contributed by atoms with Crippen molar-refractivity contribution in [2.75, 3.05) is 37.6 Å². The van der Waals surface area contributed by atoms with E-state index in [4.69, 9.17) is 10.5 Å². The van der Waals surface area contributed by atoms with E-state index >= 15 is 0 Å². The highest BCUT2D eigenvalue weighted by atomic mass is 16.5. The van der Waals surface area contributed by atoms with Crippen LogP contribution < -0.4 is 10.6 Å². The number of ether oxygens (including phenoxy) is 1. The molecule has 0 aromatic heterocycles. The van der Waals surface area contributed by atoms with E-state index in [0.29, 0.717) is 19.6 Å². The van der Waals surface area contributed by atoms with Crippen molar-refractivity contribution >= 4 is 11.6 Å². The molecule has 2 saturated heterocycles. The Kier molecular flexibility index (Phi) is 4.49. The molecular weight excluding hydrogens is 282 g/mol. The molecule has 2 heterocycles. The largest absolute Gasteiger partial charge is 0.506 e. The van der Waals surface area contributed by atoms with Gasteiger partial charge in [0.05, 0.1) is 11.8 Å². The minimum atomic E-state index is -0.328. The summed E-state index contributed by atoms with van der Waals surface area (Å²) in [5, 5.41) is 9.91. The van der Waals surface area contributed by atoms with Crippen LogP contribution in [0.3, 0.4) is 0 Å². The topological polar surface area (TPSA) is 79.0 Å². The van der Waals surface area contributed by atoms with Gasteiger partial charge in [0.25, 0.3) is 5.91 Å². The lowest BCUT2D eigenvalue weighted by atomic mass is 10.1. The summed E-state index contributed by atoms with van der Waals surface area (Å²) in [5.41, 5.74) is 6.42. The molecule has 2 atom stereocenters. The molecule has 0 unspecified atom stereocenters. The Morgan fingerprint density at radius 2 is 1.95 bits per heavy atom. The lowest BCUT2D eigenvalue weighted by molar-refractivity contribution is -0.143. The highest BCUT2D eigenvalue weighted by molar-refractivity contribution is 5.81. The fourth-order valence-corrected chi connectivity index (χ4v) is 3.16. The third-order valence-electron chi connectivity index (χ3n) is 4.46. The molecule has 6 nitrogen and oxygen atoms in total. The maximum absolute atomic E-state index is 12.5. The molecule has 2 aliphatic rings. The number of aromatic hydroxyl groups is 1. The summed E-state index contributed by atoms with van der Waals surface area (Å²) in [6.45, 7) is 3.22. The first-order valence-electron chi connectivity index (χ1n) is 7.86. The number of hydrogen-bond donors (Lipinski definition) is 2. The van der Waals surface area contributed by atoms with Crippen LogP contribution in [0.25, 0.3) is 0 Å². The minimum absolute atomic E-state index is 0.0245. The Bertz CT molecular complexity index is 529. The average molecular weight is 305 g/mol. The van der Waals surface area contributed by atoms with E-state index in [1.807, 2.05) is 23.1 Å². The number of benzene rings is 1. The Labute approximate surface area is 130 Å². The van der Waals surface area contributed by atoms with Crippen molar-refractivity contribution in [2.24, 2.45) is 5.73 Å². The zero-order valence-corrected chi connectivity index (χ0v) is 12.6. The summed E-state index contributed by atoms with van der Waals surface area (Å²) in [4.78, 5) is 16.4. The number of nitrogens with zero attached hydrogens (tertiary/aromatic N) is 2. The number of carbonyl (C=O) groups is 1. The molecule has 120 valence electrons. The van der Waals surface area contributed by atoms with Crippen LogP contribution in [0.15, 0.2) is 24.3 Å². The van der Waals surface area contributed by atoms with Crippen LogP contribution >= 0.6 is 0 Å². The third-order valence-corrected chi connectivity index (χ3v) is 4.46. The fraction of sp³-hybridized carbons (Fsp3) is 0.562. The van der Waals surface area contributed by atoms with Gasteiger partial charge in [-0.05, 0) is 25.0 Å². The van der Waals surface area contributed by atoms with Crippen molar-refractivity contribution in [3.05, 3.63) is 24.3 Å². The van der Waals surface area contributed by atoms with E-state index in [9.17, 15) is 9.90 Å². The van der Waals surface area contributed by atoms with Crippen LogP contribution in [0.5, 0.6) is 5.75 Å². The fourth-order valence-electron chi connectivity index (χ4n) is 3.16. The summed E-state index contributed by atoms with van der Waals surface area (Å²) >= 11 is 0. The molecule has 1 aromatic rings. The van der Waals surface area contributed by atoms with Gasteiger partial charge in [0.2, 0.25) is 0 Å². The summed E-state index contributed by atoms with van der Waals surface area (Å²) in [5.74, 6) is 0.361. The Morgan fingerprint density at radius 1 is 1.23 bits per heavy atom. The van der Waals surface area contributed by atoms with E-state index in [1.54, 1.807) is 6.07 Å². The van der Waals surface area contributed by atoms with E-state index in [1.165, 1.54) is 0 Å². The number of phenols is 1. The number of hydrogen-bond acceptors (Lipinski definition) is 5. The summed E-state index contributed by atoms with van der Waals surface area (Å²) in [7, 11) is 0. The third kappa shape index (κ3) is 3.03. The molecule has 0 aliphatic carbocycles. The predicted octanol–water partition coefficient (Wildman–Crippen LogP) is 0.547. The van der Waals surface area contributed by atoms with Gasteiger partial charge >= 0.3 is 0 Å². The molecule has 0 radical (unpaired) electrons. The number of piperazine rings is 1. The van der Waals surface area contributed by atoms with Crippen LogP contribution in [0, 0.1) is 0 Å². The molecule has 3 N–H and O–H groups in total. The average Bonchev–Trinajstić information content (AvgIpc) is 3.04. The molecule has 22 heavy (non-hydrogen) atoms. The zero-order chi connectivity index (χ0) is 15.5. The zero-order valence-electron chi connectivity index (χ0n) is 12.6. The number of nitrogens with two attached hydrogens (primary N) is 1. The van der Waals surface area contributed by atoms with Crippen LogP contribution in [0.1, 0.15) is 12.8 Å². The summed E-state index contributed by atoms with van der Waals surface area (Å²) in [6.07, 6.45) is 1.33. The Morgan fingerprint density at radius 3 is 2.59 bits per heavy atom. The summed E-state index contributed by atoms with van der Waals surface area (Å²) < 4.78 is 5.69. The van der Waals surface area contributed by atoms with Crippen molar-refractivity contribution in [1.29, 1.82) is 0 Å². The molecule has 0 saturated carbocycles. The molecule has 1 aromatic carbocycles. The lowest BCUT2D eigenvalue weighted by Gasteiger charge is -2.37. The number of amides is 1. The van der Waals surface area contributed by atoms with Crippen molar-refractivity contribution in [3.63, 3.8) is 0 Å². The van der Waals surface area contributed by atoms with E-state index < -0.39 is 0 Å². The van der Waals surface area contributed by atoms with E-state index in [0.717, 1.165) is 31.6 Å². The number of anilines is 1.